The van der Waals surface area contributed by atoms with Crippen molar-refractivity contribution in [2.75, 3.05) is 0 Å². The Bertz CT molecular complexity index is 574. The predicted molar refractivity (Wildman–Crippen MR) is 91.5 cm³/mol. The predicted octanol–water partition coefficient (Wildman–Crippen LogP) is 4.76. The van der Waals surface area contributed by atoms with E-state index in [4.69, 9.17) is 0 Å². The van der Waals surface area contributed by atoms with Gasteiger partial charge in [-0.25, -0.2) is 4.98 Å². The van der Waals surface area contributed by atoms with Crippen molar-refractivity contribution in [2.24, 2.45) is 0 Å². The second-order valence-electron chi connectivity index (χ2n) is 6.95. The minimum absolute atomic E-state index is 0.724. The Kier molecular flexibility index (Phi) is 4.10. The zero-order chi connectivity index (χ0) is 15.1. The van der Waals surface area contributed by atoms with Crippen LogP contribution < -0.4 is 5.19 Å². The average molecular weight is 289 g/mol. The van der Waals surface area contributed by atoms with Gasteiger partial charge in [-0.3, -0.25) is 0 Å². The Morgan fingerprint density at radius 1 is 1.00 bits per heavy atom. The first-order valence-corrected chi connectivity index (χ1v) is 9.99. The van der Waals surface area contributed by atoms with Gasteiger partial charge in [0, 0.05) is 17.8 Å². The van der Waals surface area contributed by atoms with E-state index in [1.54, 1.807) is 5.19 Å². The number of aromatic nitrogens is 2. The molecule has 20 heavy (non-hydrogen) atoms. The maximum absolute atomic E-state index is 4.56. The van der Waals surface area contributed by atoms with Crippen LogP contribution in [0.15, 0.2) is 18.5 Å². The number of nitrogens with zero attached hydrogens (tertiary/aromatic N) is 1. The van der Waals surface area contributed by atoms with Crippen molar-refractivity contribution >= 4 is 24.3 Å². The van der Waals surface area contributed by atoms with Crippen molar-refractivity contribution in [3.63, 3.8) is 0 Å². The molecule has 0 amide bonds. The Morgan fingerprint density at radius 2 is 1.55 bits per heavy atom. The second-order valence-corrected chi connectivity index (χ2v) is 12.8. The van der Waals surface area contributed by atoms with Crippen LogP contribution in [-0.2, 0) is 0 Å². The molecule has 0 saturated heterocycles. The Morgan fingerprint density at radius 3 is 2.05 bits per heavy atom. The fourth-order valence-electron chi connectivity index (χ4n) is 4.55. The van der Waals surface area contributed by atoms with E-state index in [0.29, 0.717) is 0 Å². The fraction of sp³-hybridized carbons (Fsp3) is 0.588. The number of aryl methyl sites for hydroxylation is 1. The van der Waals surface area contributed by atoms with Crippen molar-refractivity contribution in [3.8, 4) is 0 Å². The molecule has 0 unspecified atom stereocenters. The summed E-state index contributed by atoms with van der Waals surface area (Å²) in [4.78, 5) is 7.85. The summed E-state index contributed by atoms with van der Waals surface area (Å²) in [5, 5.41) is 2.98. The van der Waals surface area contributed by atoms with Gasteiger partial charge in [0.1, 0.15) is 5.65 Å². The molecule has 0 aliphatic heterocycles. The van der Waals surface area contributed by atoms with Gasteiger partial charge in [0.15, 0.2) is 0 Å². The minimum atomic E-state index is -1.64. The number of nitrogens with one attached hydrogen (secondary N) is 1. The summed E-state index contributed by atoms with van der Waals surface area (Å²) in [6, 6.07) is 2.22. The Hall–Kier alpha value is -1.09. The first-order chi connectivity index (χ1) is 9.33. The Balaban J connectivity index is 2.87. The number of aromatic amines is 1. The van der Waals surface area contributed by atoms with E-state index in [1.165, 1.54) is 10.9 Å². The number of hydrogen-bond donors (Lipinski definition) is 1. The fourth-order valence-corrected chi connectivity index (χ4v) is 11.7. The molecule has 3 heteroatoms. The first-order valence-electron chi connectivity index (χ1n) is 7.76. The maximum Gasteiger partial charge on any atom is 0.137 e. The van der Waals surface area contributed by atoms with Crippen molar-refractivity contribution < 1.29 is 0 Å². The van der Waals surface area contributed by atoms with Gasteiger partial charge in [0.05, 0.1) is 8.07 Å². The summed E-state index contributed by atoms with van der Waals surface area (Å²) in [6.45, 7) is 16.8. The van der Waals surface area contributed by atoms with Gasteiger partial charge in [-0.05, 0) is 40.4 Å². The SMILES string of the molecule is Cc1cnc2[nH]ccc2c1[Si](C(C)C)(C(C)C)C(C)C. The molecule has 0 saturated carbocycles. The molecule has 2 heterocycles. The highest BCUT2D eigenvalue weighted by Gasteiger charge is 2.46. The number of H-pyrrole nitrogens is 1. The van der Waals surface area contributed by atoms with E-state index in [0.717, 1.165) is 22.3 Å². The van der Waals surface area contributed by atoms with E-state index in [9.17, 15) is 0 Å². The van der Waals surface area contributed by atoms with Gasteiger partial charge < -0.3 is 4.98 Å². The zero-order valence-electron chi connectivity index (χ0n) is 13.9. The molecule has 2 aromatic rings. The van der Waals surface area contributed by atoms with Gasteiger partial charge in [-0.1, -0.05) is 41.5 Å². The van der Waals surface area contributed by atoms with Gasteiger partial charge in [0.2, 0.25) is 0 Å². The highest BCUT2D eigenvalue weighted by Crippen LogP contribution is 2.42. The molecule has 2 rings (SSSR count). The van der Waals surface area contributed by atoms with Crippen molar-refractivity contribution in [3.05, 3.63) is 24.0 Å². The molecular formula is C17H28N2Si. The molecule has 0 fully saturated rings. The number of fused-ring (bicyclic) bond motifs is 1. The molecule has 2 aromatic heterocycles. The summed E-state index contributed by atoms with van der Waals surface area (Å²) in [7, 11) is -1.64. The van der Waals surface area contributed by atoms with Gasteiger partial charge in [-0.2, -0.15) is 0 Å². The van der Waals surface area contributed by atoms with Crippen molar-refractivity contribution in [2.45, 2.75) is 65.1 Å². The number of hydrogen-bond acceptors (Lipinski definition) is 1. The molecule has 0 aromatic carbocycles. The summed E-state index contributed by atoms with van der Waals surface area (Å²) in [5.74, 6) is 0. The minimum Gasteiger partial charge on any atom is -0.346 e. The van der Waals surface area contributed by atoms with E-state index < -0.39 is 8.07 Å². The van der Waals surface area contributed by atoms with Crippen LogP contribution in [0.25, 0.3) is 11.0 Å². The van der Waals surface area contributed by atoms with Crippen LogP contribution in [0.5, 0.6) is 0 Å². The third-order valence-corrected chi connectivity index (χ3v) is 12.3. The molecule has 2 nitrogen and oxygen atoms in total. The first kappa shape index (κ1) is 15.3. The maximum atomic E-state index is 4.56. The van der Waals surface area contributed by atoms with Crippen molar-refractivity contribution in [1.82, 2.24) is 9.97 Å². The van der Waals surface area contributed by atoms with Crippen LogP contribution in [0.4, 0.5) is 0 Å². The van der Waals surface area contributed by atoms with Gasteiger partial charge >= 0.3 is 0 Å². The van der Waals surface area contributed by atoms with Crippen LogP contribution in [-0.4, -0.2) is 18.0 Å². The molecular weight excluding hydrogens is 260 g/mol. The van der Waals surface area contributed by atoms with Gasteiger partial charge in [-0.15, -0.1) is 0 Å². The summed E-state index contributed by atoms with van der Waals surface area (Å²) >= 11 is 0. The van der Waals surface area contributed by atoms with Crippen LogP contribution >= 0.6 is 0 Å². The van der Waals surface area contributed by atoms with Crippen LogP contribution in [0.3, 0.4) is 0 Å². The standard InChI is InChI=1S/C17H28N2Si/c1-11(2)20(12(3)4,13(5)6)16-14(7)10-19-17-15(16)8-9-18-17/h8-13H,1-7H3,(H,18,19). The molecule has 0 aliphatic rings. The summed E-state index contributed by atoms with van der Waals surface area (Å²) in [5.41, 5.74) is 4.59. The third kappa shape index (κ3) is 2.03. The lowest BCUT2D eigenvalue weighted by Gasteiger charge is -2.44. The molecule has 110 valence electrons. The van der Waals surface area contributed by atoms with E-state index >= 15 is 0 Å². The second kappa shape index (κ2) is 5.36. The third-order valence-electron chi connectivity index (χ3n) is 5.08. The van der Waals surface area contributed by atoms with Crippen molar-refractivity contribution in [1.29, 1.82) is 0 Å². The van der Waals surface area contributed by atoms with Crippen LogP contribution in [0.1, 0.15) is 47.1 Å². The molecule has 1 N–H and O–H groups in total. The monoisotopic (exact) mass is 288 g/mol. The van der Waals surface area contributed by atoms with E-state index in [1.807, 2.05) is 6.20 Å². The lowest BCUT2D eigenvalue weighted by Crippen LogP contribution is -2.56. The molecule has 0 atom stereocenters. The normalized spacial score (nSPS) is 13.1. The van der Waals surface area contributed by atoms with Gasteiger partial charge in [0.25, 0.3) is 0 Å². The largest absolute Gasteiger partial charge is 0.346 e. The highest BCUT2D eigenvalue weighted by molar-refractivity contribution is 6.96. The lowest BCUT2D eigenvalue weighted by atomic mass is 10.2. The topological polar surface area (TPSA) is 28.7 Å². The molecule has 0 radical (unpaired) electrons. The average Bonchev–Trinajstić information content (AvgIpc) is 2.79. The summed E-state index contributed by atoms with van der Waals surface area (Å²) in [6.07, 6.45) is 4.09. The van der Waals surface area contributed by atoms with E-state index in [2.05, 4.69) is 70.7 Å². The number of pyridine rings is 1. The highest BCUT2D eigenvalue weighted by atomic mass is 28.3. The number of rotatable bonds is 4. The van der Waals surface area contributed by atoms with Crippen LogP contribution in [0, 0.1) is 6.92 Å². The summed E-state index contributed by atoms with van der Waals surface area (Å²) < 4.78 is 0. The smallest absolute Gasteiger partial charge is 0.137 e. The quantitative estimate of drug-likeness (QED) is 0.808. The van der Waals surface area contributed by atoms with Crippen LogP contribution in [0.2, 0.25) is 16.6 Å². The Labute approximate surface area is 124 Å². The zero-order valence-corrected chi connectivity index (χ0v) is 14.9. The van der Waals surface area contributed by atoms with E-state index in [-0.39, 0.29) is 0 Å². The lowest BCUT2D eigenvalue weighted by molar-refractivity contribution is 0.835. The molecule has 0 aliphatic carbocycles. The molecule has 0 spiro atoms. The molecule has 0 bridgehead atoms.